The molecule has 0 saturated carbocycles. The second kappa shape index (κ2) is 5.70. The first-order chi connectivity index (χ1) is 7.53. The third kappa shape index (κ3) is 4.49. The number of nitrogens with zero attached hydrogens (tertiary/aromatic N) is 1. The van der Waals surface area contributed by atoms with Crippen molar-refractivity contribution in [3.63, 3.8) is 0 Å². The van der Waals surface area contributed by atoms with Crippen molar-refractivity contribution >= 4 is 11.5 Å². The summed E-state index contributed by atoms with van der Waals surface area (Å²) >= 11 is 0. The number of ether oxygens (including phenoxy) is 1. The van der Waals surface area contributed by atoms with Crippen LogP contribution in [0.2, 0.25) is 0 Å². The van der Waals surface area contributed by atoms with Gasteiger partial charge in [0.1, 0.15) is 5.82 Å². The zero-order valence-corrected chi connectivity index (χ0v) is 10.3. The maximum Gasteiger partial charge on any atom is 0.127 e. The van der Waals surface area contributed by atoms with Gasteiger partial charge in [0.2, 0.25) is 0 Å². The van der Waals surface area contributed by atoms with Gasteiger partial charge in [-0.2, -0.15) is 0 Å². The molecule has 1 rings (SSSR count). The zero-order chi connectivity index (χ0) is 12.0. The first kappa shape index (κ1) is 12.8. The Morgan fingerprint density at radius 3 is 2.88 bits per heavy atom. The van der Waals surface area contributed by atoms with Gasteiger partial charge in [-0.05, 0) is 17.9 Å². The third-order valence-electron chi connectivity index (χ3n) is 2.52. The maximum absolute atomic E-state index is 5.68. The first-order valence-electron chi connectivity index (χ1n) is 5.48. The van der Waals surface area contributed by atoms with Gasteiger partial charge in [0.15, 0.2) is 0 Å². The fourth-order valence-corrected chi connectivity index (χ4v) is 1.34. The van der Waals surface area contributed by atoms with Crippen LogP contribution in [-0.2, 0) is 4.74 Å². The van der Waals surface area contributed by atoms with Crippen molar-refractivity contribution in [2.45, 2.75) is 20.3 Å². The summed E-state index contributed by atoms with van der Waals surface area (Å²) < 4.78 is 5.09. The van der Waals surface area contributed by atoms with E-state index in [1.54, 1.807) is 19.4 Å². The Bertz CT molecular complexity index is 326. The number of rotatable bonds is 6. The number of nitrogen functional groups attached to an aromatic ring is 1. The molecule has 3 N–H and O–H groups in total. The summed E-state index contributed by atoms with van der Waals surface area (Å²) in [5.74, 6) is 0.825. The van der Waals surface area contributed by atoms with E-state index in [1.165, 1.54) is 0 Å². The van der Waals surface area contributed by atoms with E-state index in [2.05, 4.69) is 24.1 Å². The van der Waals surface area contributed by atoms with Crippen molar-refractivity contribution in [2.75, 3.05) is 31.3 Å². The van der Waals surface area contributed by atoms with Crippen molar-refractivity contribution in [1.29, 1.82) is 0 Å². The quantitative estimate of drug-likeness (QED) is 0.775. The van der Waals surface area contributed by atoms with E-state index in [-0.39, 0.29) is 5.41 Å². The monoisotopic (exact) mass is 223 g/mol. The molecule has 0 radical (unpaired) electrons. The minimum atomic E-state index is 0.183. The lowest BCUT2D eigenvalue weighted by molar-refractivity contribution is 0.157. The Morgan fingerprint density at radius 2 is 2.25 bits per heavy atom. The van der Waals surface area contributed by atoms with Crippen LogP contribution in [0.5, 0.6) is 0 Å². The molecule has 1 heterocycles. The largest absolute Gasteiger partial charge is 0.399 e. The lowest BCUT2D eigenvalue weighted by Crippen LogP contribution is -2.25. The number of anilines is 2. The van der Waals surface area contributed by atoms with Gasteiger partial charge < -0.3 is 15.8 Å². The van der Waals surface area contributed by atoms with Gasteiger partial charge in [0.05, 0.1) is 0 Å². The van der Waals surface area contributed by atoms with Crippen molar-refractivity contribution in [3.8, 4) is 0 Å². The third-order valence-corrected chi connectivity index (χ3v) is 2.52. The number of nitrogens with one attached hydrogen (secondary N) is 1. The highest BCUT2D eigenvalue weighted by molar-refractivity contribution is 5.48. The maximum atomic E-state index is 5.68. The predicted octanol–water partition coefficient (Wildman–Crippen LogP) is 2.14. The average molecular weight is 223 g/mol. The van der Waals surface area contributed by atoms with Crippen molar-refractivity contribution in [1.82, 2.24) is 4.98 Å². The summed E-state index contributed by atoms with van der Waals surface area (Å²) in [5, 5.41) is 3.29. The van der Waals surface area contributed by atoms with Gasteiger partial charge in [-0.3, -0.25) is 0 Å². The first-order valence-corrected chi connectivity index (χ1v) is 5.48. The summed E-state index contributed by atoms with van der Waals surface area (Å²) in [4.78, 5) is 4.20. The summed E-state index contributed by atoms with van der Waals surface area (Å²) in [6.45, 7) is 6.03. The Morgan fingerprint density at radius 1 is 1.50 bits per heavy atom. The molecule has 0 amide bonds. The van der Waals surface area contributed by atoms with Gasteiger partial charge in [0.25, 0.3) is 0 Å². The Hall–Kier alpha value is -1.29. The fourth-order valence-electron chi connectivity index (χ4n) is 1.34. The van der Waals surface area contributed by atoms with E-state index in [0.717, 1.165) is 31.1 Å². The normalized spacial score (nSPS) is 11.4. The molecule has 90 valence electrons. The number of aromatic nitrogens is 1. The van der Waals surface area contributed by atoms with Gasteiger partial charge in [0, 0.05) is 38.2 Å². The predicted molar refractivity (Wildman–Crippen MR) is 67.4 cm³/mol. The SMILES string of the molecule is COCCC(C)(C)CNc1cc(N)ccn1. The average Bonchev–Trinajstić information content (AvgIpc) is 2.24. The van der Waals surface area contributed by atoms with Crippen LogP contribution >= 0.6 is 0 Å². The minimum Gasteiger partial charge on any atom is -0.399 e. The van der Waals surface area contributed by atoms with E-state index in [1.807, 2.05) is 6.07 Å². The smallest absolute Gasteiger partial charge is 0.127 e. The molecule has 1 aromatic heterocycles. The highest BCUT2D eigenvalue weighted by atomic mass is 16.5. The highest BCUT2D eigenvalue weighted by Gasteiger charge is 2.17. The second-order valence-corrected chi connectivity index (χ2v) is 4.73. The molecular formula is C12H21N3O. The Kier molecular flexibility index (Phi) is 4.55. The Balaban J connectivity index is 2.44. The topological polar surface area (TPSA) is 60.2 Å². The molecule has 16 heavy (non-hydrogen) atoms. The second-order valence-electron chi connectivity index (χ2n) is 4.73. The molecule has 0 aliphatic heterocycles. The minimum absolute atomic E-state index is 0.183. The van der Waals surface area contributed by atoms with Crippen LogP contribution in [0.4, 0.5) is 11.5 Å². The number of hydrogen-bond acceptors (Lipinski definition) is 4. The van der Waals surface area contributed by atoms with Crippen LogP contribution in [0.15, 0.2) is 18.3 Å². The fraction of sp³-hybridized carbons (Fsp3) is 0.583. The van der Waals surface area contributed by atoms with Crippen LogP contribution in [0.1, 0.15) is 20.3 Å². The summed E-state index contributed by atoms with van der Waals surface area (Å²) in [6, 6.07) is 3.62. The van der Waals surface area contributed by atoms with Crippen LogP contribution < -0.4 is 11.1 Å². The molecule has 0 unspecified atom stereocenters. The number of hydrogen-bond donors (Lipinski definition) is 2. The van der Waals surface area contributed by atoms with Crippen LogP contribution in [-0.4, -0.2) is 25.2 Å². The lowest BCUT2D eigenvalue weighted by atomic mass is 9.90. The van der Waals surface area contributed by atoms with E-state index in [0.29, 0.717) is 0 Å². The molecule has 0 bridgehead atoms. The van der Waals surface area contributed by atoms with Gasteiger partial charge in [-0.1, -0.05) is 13.8 Å². The zero-order valence-electron chi connectivity index (χ0n) is 10.3. The molecule has 1 aromatic rings. The molecule has 0 aromatic carbocycles. The van der Waals surface area contributed by atoms with E-state index in [4.69, 9.17) is 10.5 Å². The molecule has 0 saturated heterocycles. The molecule has 0 aliphatic rings. The molecule has 0 atom stereocenters. The molecular weight excluding hydrogens is 202 g/mol. The summed E-state index contributed by atoms with van der Waals surface area (Å²) in [5.41, 5.74) is 6.59. The van der Waals surface area contributed by atoms with Gasteiger partial charge >= 0.3 is 0 Å². The van der Waals surface area contributed by atoms with Crippen LogP contribution in [0, 0.1) is 5.41 Å². The Labute approximate surface area is 97.2 Å². The molecule has 0 fully saturated rings. The van der Waals surface area contributed by atoms with E-state index < -0.39 is 0 Å². The summed E-state index contributed by atoms with van der Waals surface area (Å²) in [7, 11) is 1.73. The van der Waals surface area contributed by atoms with Crippen LogP contribution in [0.3, 0.4) is 0 Å². The number of nitrogens with two attached hydrogens (primary N) is 1. The van der Waals surface area contributed by atoms with E-state index >= 15 is 0 Å². The molecule has 0 spiro atoms. The highest BCUT2D eigenvalue weighted by Crippen LogP contribution is 2.21. The number of pyridine rings is 1. The van der Waals surface area contributed by atoms with Crippen molar-refractivity contribution < 1.29 is 4.74 Å². The molecule has 0 aliphatic carbocycles. The van der Waals surface area contributed by atoms with E-state index in [9.17, 15) is 0 Å². The standard InChI is InChI=1S/C12H21N3O/c1-12(2,5-7-16-3)9-15-11-8-10(13)4-6-14-11/h4,6,8H,5,7,9H2,1-3H3,(H3,13,14,15). The molecule has 4 nitrogen and oxygen atoms in total. The lowest BCUT2D eigenvalue weighted by Gasteiger charge is -2.24. The molecule has 4 heteroatoms. The van der Waals surface area contributed by atoms with Crippen LogP contribution in [0.25, 0.3) is 0 Å². The van der Waals surface area contributed by atoms with Gasteiger partial charge in [-0.25, -0.2) is 4.98 Å². The number of methoxy groups -OCH3 is 1. The van der Waals surface area contributed by atoms with Crippen molar-refractivity contribution in [3.05, 3.63) is 18.3 Å². The van der Waals surface area contributed by atoms with Gasteiger partial charge in [-0.15, -0.1) is 0 Å². The van der Waals surface area contributed by atoms with Crippen molar-refractivity contribution in [2.24, 2.45) is 5.41 Å². The summed E-state index contributed by atoms with van der Waals surface area (Å²) in [6.07, 6.45) is 2.72.